The number of likely N-dealkylation sites (N-methyl/N-ethyl adjacent to an activating group) is 1. The van der Waals surface area contributed by atoms with E-state index in [1.165, 1.54) is 16.7 Å². The van der Waals surface area contributed by atoms with Crippen molar-refractivity contribution in [3.8, 4) is 0 Å². The molecule has 0 saturated heterocycles. The summed E-state index contributed by atoms with van der Waals surface area (Å²) >= 11 is 0. The molecular weight excluding hydrogens is 196 g/mol. The van der Waals surface area contributed by atoms with Crippen LogP contribution < -0.4 is 5.73 Å². The van der Waals surface area contributed by atoms with Crippen molar-refractivity contribution >= 4 is 0 Å². The van der Waals surface area contributed by atoms with Gasteiger partial charge in [0.1, 0.15) is 0 Å². The molecule has 0 aliphatic carbocycles. The van der Waals surface area contributed by atoms with Gasteiger partial charge in [-0.05, 0) is 39.4 Å². The second-order valence-corrected chi connectivity index (χ2v) is 4.65. The first-order valence-electron chi connectivity index (χ1n) is 6.07. The number of nitrogens with two attached hydrogens (primary N) is 1. The zero-order chi connectivity index (χ0) is 12.1. The minimum atomic E-state index is 0.346. The van der Waals surface area contributed by atoms with Gasteiger partial charge in [0.2, 0.25) is 0 Å². The van der Waals surface area contributed by atoms with Crippen molar-refractivity contribution in [2.45, 2.75) is 33.2 Å². The van der Waals surface area contributed by atoms with Crippen LogP contribution in [0.25, 0.3) is 0 Å². The van der Waals surface area contributed by atoms with Crippen molar-refractivity contribution in [3.63, 3.8) is 0 Å². The average Bonchev–Trinajstić information content (AvgIpc) is 2.17. The largest absolute Gasteiger partial charge is 0.329 e. The first-order valence-corrected chi connectivity index (χ1v) is 6.07. The molecule has 0 radical (unpaired) electrons. The van der Waals surface area contributed by atoms with Gasteiger partial charge in [0.15, 0.2) is 0 Å². The third-order valence-electron chi connectivity index (χ3n) is 2.96. The predicted octanol–water partition coefficient (Wildman–Crippen LogP) is 2.65. The van der Waals surface area contributed by atoms with Crippen LogP contribution in [0, 0.1) is 13.8 Å². The highest BCUT2D eigenvalue weighted by Gasteiger charge is 2.14. The van der Waals surface area contributed by atoms with Gasteiger partial charge >= 0.3 is 0 Å². The van der Waals surface area contributed by atoms with E-state index in [4.69, 9.17) is 5.73 Å². The summed E-state index contributed by atoms with van der Waals surface area (Å²) in [6.45, 7) is 8.26. The summed E-state index contributed by atoms with van der Waals surface area (Å²) in [5.74, 6) is 0. The molecule has 2 heteroatoms. The molecule has 0 aliphatic heterocycles. The van der Waals surface area contributed by atoms with Gasteiger partial charge in [-0.1, -0.05) is 36.2 Å². The second-order valence-electron chi connectivity index (χ2n) is 4.65. The van der Waals surface area contributed by atoms with Crippen LogP contribution in [-0.4, -0.2) is 25.0 Å². The van der Waals surface area contributed by atoms with Gasteiger partial charge in [-0.3, -0.25) is 4.90 Å². The van der Waals surface area contributed by atoms with Crippen LogP contribution in [0.2, 0.25) is 0 Å². The van der Waals surface area contributed by atoms with Crippen LogP contribution in [0.5, 0.6) is 0 Å². The second kappa shape index (κ2) is 6.02. The molecule has 0 fully saturated rings. The van der Waals surface area contributed by atoms with E-state index < -0.39 is 0 Å². The fourth-order valence-electron chi connectivity index (χ4n) is 2.28. The Labute approximate surface area is 99.5 Å². The fourth-order valence-corrected chi connectivity index (χ4v) is 2.28. The van der Waals surface area contributed by atoms with Gasteiger partial charge in [0.25, 0.3) is 0 Å². The van der Waals surface area contributed by atoms with Crippen molar-refractivity contribution in [2.24, 2.45) is 5.73 Å². The number of hydrogen-bond acceptors (Lipinski definition) is 2. The van der Waals surface area contributed by atoms with E-state index in [2.05, 4.69) is 50.9 Å². The molecule has 1 rings (SSSR count). The molecule has 16 heavy (non-hydrogen) atoms. The monoisotopic (exact) mass is 220 g/mol. The Morgan fingerprint density at radius 2 is 1.75 bits per heavy atom. The average molecular weight is 220 g/mol. The van der Waals surface area contributed by atoms with Crippen molar-refractivity contribution in [1.29, 1.82) is 0 Å². The molecule has 1 aromatic rings. The van der Waals surface area contributed by atoms with E-state index in [0.29, 0.717) is 12.6 Å². The maximum absolute atomic E-state index is 5.89. The topological polar surface area (TPSA) is 29.3 Å². The van der Waals surface area contributed by atoms with Crippen molar-refractivity contribution in [1.82, 2.24) is 4.90 Å². The lowest BCUT2D eigenvalue weighted by Gasteiger charge is -2.27. The van der Waals surface area contributed by atoms with E-state index in [1.54, 1.807) is 0 Å². The van der Waals surface area contributed by atoms with Gasteiger partial charge in [0.05, 0.1) is 0 Å². The van der Waals surface area contributed by atoms with Crippen LogP contribution in [0.3, 0.4) is 0 Å². The lowest BCUT2D eigenvalue weighted by Crippen LogP contribution is -2.31. The summed E-state index contributed by atoms with van der Waals surface area (Å²) in [5, 5.41) is 0. The zero-order valence-electron chi connectivity index (χ0n) is 11.0. The molecule has 2 N–H and O–H groups in total. The summed E-state index contributed by atoms with van der Waals surface area (Å²) < 4.78 is 0. The highest BCUT2D eigenvalue weighted by Crippen LogP contribution is 2.21. The van der Waals surface area contributed by atoms with E-state index in [0.717, 1.165) is 13.0 Å². The smallest absolute Gasteiger partial charge is 0.0467 e. The molecule has 0 aliphatic rings. The van der Waals surface area contributed by atoms with Crippen LogP contribution in [0.4, 0.5) is 0 Å². The molecule has 90 valence electrons. The van der Waals surface area contributed by atoms with Crippen molar-refractivity contribution in [2.75, 3.05) is 20.1 Å². The Hall–Kier alpha value is -0.860. The Morgan fingerprint density at radius 1 is 1.19 bits per heavy atom. The highest BCUT2D eigenvalue weighted by molar-refractivity contribution is 5.30. The number of aryl methyl sites for hydroxylation is 2. The van der Waals surface area contributed by atoms with Crippen LogP contribution >= 0.6 is 0 Å². The predicted molar refractivity (Wildman–Crippen MR) is 70.6 cm³/mol. The number of benzene rings is 1. The van der Waals surface area contributed by atoms with Crippen LogP contribution in [-0.2, 0) is 0 Å². The minimum Gasteiger partial charge on any atom is -0.329 e. The number of rotatable bonds is 5. The molecule has 0 amide bonds. The summed E-state index contributed by atoms with van der Waals surface area (Å²) in [5.41, 5.74) is 9.87. The Kier molecular flexibility index (Phi) is 4.97. The van der Waals surface area contributed by atoms with Crippen LogP contribution in [0.1, 0.15) is 36.1 Å². The quantitative estimate of drug-likeness (QED) is 0.826. The normalized spacial score (nSPS) is 13.1. The van der Waals surface area contributed by atoms with E-state index in [1.807, 2.05) is 0 Å². The number of nitrogens with zero attached hydrogens (tertiary/aromatic N) is 1. The van der Waals surface area contributed by atoms with Crippen molar-refractivity contribution in [3.05, 3.63) is 34.9 Å². The first-order chi connectivity index (χ1) is 7.58. The van der Waals surface area contributed by atoms with E-state index in [9.17, 15) is 0 Å². The van der Waals surface area contributed by atoms with Gasteiger partial charge in [0, 0.05) is 12.6 Å². The Morgan fingerprint density at radius 3 is 2.19 bits per heavy atom. The molecule has 0 bridgehead atoms. The molecule has 0 saturated carbocycles. The standard InChI is InChI=1S/C14H24N2/c1-5-6-16(4)14(10-15)13-8-11(2)7-12(3)9-13/h7-9,14H,5-6,10,15H2,1-4H3. The Bertz CT molecular complexity index is 313. The third-order valence-corrected chi connectivity index (χ3v) is 2.96. The number of hydrogen-bond donors (Lipinski definition) is 1. The SMILES string of the molecule is CCCN(C)C(CN)c1cc(C)cc(C)c1. The summed E-state index contributed by atoms with van der Waals surface area (Å²) in [4.78, 5) is 2.34. The third kappa shape index (κ3) is 3.32. The molecule has 2 nitrogen and oxygen atoms in total. The molecule has 0 heterocycles. The molecule has 1 atom stereocenters. The zero-order valence-corrected chi connectivity index (χ0v) is 11.0. The fraction of sp³-hybridized carbons (Fsp3) is 0.571. The van der Waals surface area contributed by atoms with E-state index >= 15 is 0 Å². The molecular formula is C14H24N2. The summed E-state index contributed by atoms with van der Waals surface area (Å²) in [6, 6.07) is 7.04. The van der Waals surface area contributed by atoms with Gasteiger partial charge < -0.3 is 5.73 Å². The Balaban J connectivity index is 2.94. The molecule has 0 aromatic heterocycles. The maximum Gasteiger partial charge on any atom is 0.0467 e. The summed E-state index contributed by atoms with van der Waals surface area (Å²) in [7, 11) is 2.15. The van der Waals surface area contributed by atoms with Gasteiger partial charge in [-0.25, -0.2) is 0 Å². The first kappa shape index (κ1) is 13.2. The van der Waals surface area contributed by atoms with Gasteiger partial charge in [-0.15, -0.1) is 0 Å². The maximum atomic E-state index is 5.89. The van der Waals surface area contributed by atoms with Gasteiger partial charge in [-0.2, -0.15) is 0 Å². The lowest BCUT2D eigenvalue weighted by molar-refractivity contribution is 0.250. The lowest BCUT2D eigenvalue weighted by atomic mass is 10.0. The molecule has 1 unspecified atom stereocenters. The molecule has 1 aromatic carbocycles. The molecule has 0 spiro atoms. The highest BCUT2D eigenvalue weighted by atomic mass is 15.1. The van der Waals surface area contributed by atoms with Crippen molar-refractivity contribution < 1.29 is 0 Å². The van der Waals surface area contributed by atoms with Crippen LogP contribution in [0.15, 0.2) is 18.2 Å². The van der Waals surface area contributed by atoms with E-state index in [-0.39, 0.29) is 0 Å². The summed E-state index contributed by atoms with van der Waals surface area (Å²) in [6.07, 6.45) is 1.16. The minimum absolute atomic E-state index is 0.346.